The summed E-state index contributed by atoms with van der Waals surface area (Å²) in [5.74, 6) is 0.0701. The molecule has 0 spiro atoms. The molecule has 1 saturated heterocycles. The van der Waals surface area contributed by atoms with E-state index in [1.807, 2.05) is 0 Å². The number of nitrogen functional groups attached to an aromatic ring is 1. The Hall–Kier alpha value is -1.77. The number of carbonyl (C=O) groups excluding carboxylic acids is 2. The van der Waals surface area contributed by atoms with Crippen LogP contribution in [0.5, 0.6) is 0 Å². The first kappa shape index (κ1) is 11.7. The zero-order valence-corrected chi connectivity index (χ0v) is 9.94. The third-order valence-corrected chi connectivity index (χ3v) is 3.26. The lowest BCUT2D eigenvalue weighted by molar-refractivity contribution is -0.125. The van der Waals surface area contributed by atoms with E-state index in [1.54, 1.807) is 11.6 Å². The predicted octanol–water partition coefficient (Wildman–Crippen LogP) is -0.532. The van der Waals surface area contributed by atoms with Crippen LogP contribution < -0.4 is 5.73 Å². The van der Waals surface area contributed by atoms with Gasteiger partial charge in [-0.1, -0.05) is 11.8 Å². The zero-order chi connectivity index (χ0) is 12.4. The van der Waals surface area contributed by atoms with Gasteiger partial charge in [0.25, 0.3) is 0 Å². The van der Waals surface area contributed by atoms with E-state index < -0.39 is 6.09 Å². The van der Waals surface area contributed by atoms with E-state index in [0.29, 0.717) is 11.7 Å². The SMILES string of the molecule is Cn1c(N)nnc1SCC(=O)N1CCOC1=O. The van der Waals surface area contributed by atoms with Crippen LogP contribution in [0.1, 0.15) is 0 Å². The Morgan fingerprint density at radius 1 is 1.59 bits per heavy atom. The second-order valence-electron chi connectivity index (χ2n) is 3.35. The summed E-state index contributed by atoms with van der Waals surface area (Å²) >= 11 is 1.18. The number of nitrogens with zero attached hydrogens (tertiary/aromatic N) is 4. The molecule has 9 heteroatoms. The van der Waals surface area contributed by atoms with E-state index in [9.17, 15) is 9.59 Å². The summed E-state index contributed by atoms with van der Waals surface area (Å²) in [6.07, 6.45) is -0.590. The molecule has 1 aromatic heterocycles. The van der Waals surface area contributed by atoms with Crippen molar-refractivity contribution in [2.75, 3.05) is 24.6 Å². The van der Waals surface area contributed by atoms with Crippen molar-refractivity contribution < 1.29 is 14.3 Å². The number of cyclic esters (lactones) is 1. The molecule has 17 heavy (non-hydrogen) atoms. The maximum atomic E-state index is 11.7. The summed E-state index contributed by atoms with van der Waals surface area (Å²) in [6.45, 7) is 0.561. The number of imide groups is 1. The third-order valence-electron chi connectivity index (χ3n) is 2.26. The number of hydrogen-bond donors (Lipinski definition) is 1. The van der Waals surface area contributed by atoms with Crippen LogP contribution in [0.3, 0.4) is 0 Å². The number of rotatable bonds is 3. The quantitative estimate of drug-likeness (QED) is 0.726. The molecule has 1 aliphatic heterocycles. The van der Waals surface area contributed by atoms with Gasteiger partial charge in [0.1, 0.15) is 6.61 Å². The summed E-state index contributed by atoms with van der Waals surface area (Å²) in [5, 5.41) is 7.99. The summed E-state index contributed by atoms with van der Waals surface area (Å²) in [6, 6.07) is 0. The van der Waals surface area contributed by atoms with Gasteiger partial charge in [-0.15, -0.1) is 10.2 Å². The van der Waals surface area contributed by atoms with Crippen LogP contribution in [-0.4, -0.2) is 50.6 Å². The first-order valence-electron chi connectivity index (χ1n) is 4.84. The molecule has 2 rings (SSSR count). The molecule has 0 unspecified atom stereocenters. The van der Waals surface area contributed by atoms with Gasteiger partial charge in [-0.3, -0.25) is 9.36 Å². The predicted molar refractivity (Wildman–Crippen MR) is 59.2 cm³/mol. The number of carbonyl (C=O) groups is 2. The lowest BCUT2D eigenvalue weighted by Gasteiger charge is -2.09. The summed E-state index contributed by atoms with van der Waals surface area (Å²) in [5.41, 5.74) is 5.50. The van der Waals surface area contributed by atoms with Crippen LogP contribution >= 0.6 is 11.8 Å². The zero-order valence-electron chi connectivity index (χ0n) is 9.12. The second kappa shape index (κ2) is 4.62. The molecular weight excluding hydrogens is 246 g/mol. The molecule has 0 aliphatic carbocycles. The summed E-state index contributed by atoms with van der Waals surface area (Å²) < 4.78 is 6.24. The number of amides is 2. The molecule has 0 aromatic carbocycles. The van der Waals surface area contributed by atoms with Gasteiger partial charge in [0.15, 0.2) is 5.16 Å². The lowest BCUT2D eigenvalue weighted by atomic mass is 10.5. The molecule has 2 heterocycles. The van der Waals surface area contributed by atoms with Crippen LogP contribution in [0.15, 0.2) is 5.16 Å². The summed E-state index contributed by atoms with van der Waals surface area (Å²) in [7, 11) is 1.70. The molecule has 2 amide bonds. The Morgan fingerprint density at radius 3 is 2.88 bits per heavy atom. The van der Waals surface area contributed by atoms with Gasteiger partial charge in [0, 0.05) is 7.05 Å². The van der Waals surface area contributed by atoms with E-state index in [0.717, 1.165) is 4.90 Å². The van der Waals surface area contributed by atoms with Gasteiger partial charge in [0.05, 0.1) is 12.3 Å². The third kappa shape index (κ3) is 2.33. The minimum Gasteiger partial charge on any atom is -0.447 e. The maximum Gasteiger partial charge on any atom is 0.416 e. The van der Waals surface area contributed by atoms with Crippen LogP contribution in [0.25, 0.3) is 0 Å². The first-order chi connectivity index (χ1) is 8.09. The number of hydrogen-bond acceptors (Lipinski definition) is 7. The van der Waals surface area contributed by atoms with Crippen molar-refractivity contribution in [1.29, 1.82) is 0 Å². The fourth-order valence-corrected chi connectivity index (χ4v) is 2.07. The van der Waals surface area contributed by atoms with Gasteiger partial charge in [-0.2, -0.15) is 0 Å². The van der Waals surface area contributed by atoms with Gasteiger partial charge in [-0.25, -0.2) is 9.69 Å². The Morgan fingerprint density at radius 2 is 2.35 bits per heavy atom. The number of nitrogens with two attached hydrogens (primary N) is 1. The highest BCUT2D eigenvalue weighted by molar-refractivity contribution is 7.99. The number of ether oxygens (including phenoxy) is 1. The summed E-state index contributed by atoms with van der Waals surface area (Å²) in [4.78, 5) is 23.9. The topological polar surface area (TPSA) is 103 Å². The molecule has 0 bridgehead atoms. The van der Waals surface area contributed by atoms with E-state index in [4.69, 9.17) is 5.73 Å². The van der Waals surface area contributed by atoms with Crippen molar-refractivity contribution in [2.45, 2.75) is 5.16 Å². The standard InChI is InChI=1S/C8H11N5O3S/c1-12-6(9)10-11-7(12)17-4-5(14)13-2-3-16-8(13)15/h2-4H2,1H3,(H2,9,10). The largest absolute Gasteiger partial charge is 0.447 e. The molecule has 1 aliphatic rings. The van der Waals surface area contributed by atoms with Gasteiger partial charge in [-0.05, 0) is 0 Å². The monoisotopic (exact) mass is 257 g/mol. The number of thioether (sulfide) groups is 1. The number of anilines is 1. The van der Waals surface area contributed by atoms with Crippen LogP contribution in [0.2, 0.25) is 0 Å². The Bertz CT molecular complexity index is 460. The molecule has 1 fully saturated rings. The van der Waals surface area contributed by atoms with Crippen molar-refractivity contribution in [2.24, 2.45) is 7.05 Å². The highest BCUT2D eigenvalue weighted by Crippen LogP contribution is 2.17. The van der Waals surface area contributed by atoms with Crippen molar-refractivity contribution in [3.63, 3.8) is 0 Å². The minimum absolute atomic E-state index is 0.0983. The van der Waals surface area contributed by atoms with Gasteiger partial charge >= 0.3 is 6.09 Å². The van der Waals surface area contributed by atoms with Gasteiger partial charge < -0.3 is 10.5 Å². The molecule has 2 N–H and O–H groups in total. The van der Waals surface area contributed by atoms with Gasteiger partial charge in [0.2, 0.25) is 11.9 Å². The van der Waals surface area contributed by atoms with Crippen molar-refractivity contribution in [3.05, 3.63) is 0 Å². The molecule has 92 valence electrons. The average molecular weight is 257 g/mol. The van der Waals surface area contributed by atoms with E-state index in [2.05, 4.69) is 14.9 Å². The molecular formula is C8H11N5O3S. The van der Waals surface area contributed by atoms with Crippen LogP contribution in [0, 0.1) is 0 Å². The van der Waals surface area contributed by atoms with Crippen LogP contribution in [0.4, 0.5) is 10.7 Å². The normalized spacial score (nSPS) is 15.1. The minimum atomic E-state index is -0.590. The fraction of sp³-hybridized carbons (Fsp3) is 0.500. The smallest absolute Gasteiger partial charge is 0.416 e. The Kier molecular flexibility index (Phi) is 3.18. The van der Waals surface area contributed by atoms with Crippen molar-refractivity contribution in [1.82, 2.24) is 19.7 Å². The molecule has 0 radical (unpaired) electrons. The second-order valence-corrected chi connectivity index (χ2v) is 4.29. The Labute approximate surface area is 101 Å². The Balaban J connectivity index is 1.92. The van der Waals surface area contributed by atoms with Crippen molar-refractivity contribution >= 4 is 29.7 Å². The van der Waals surface area contributed by atoms with E-state index in [1.165, 1.54) is 11.8 Å². The highest BCUT2D eigenvalue weighted by Gasteiger charge is 2.28. The number of aromatic nitrogens is 3. The molecule has 0 atom stereocenters. The maximum absolute atomic E-state index is 11.7. The van der Waals surface area contributed by atoms with Crippen molar-refractivity contribution in [3.8, 4) is 0 Å². The molecule has 1 aromatic rings. The lowest BCUT2D eigenvalue weighted by Crippen LogP contribution is -2.33. The molecule has 0 saturated carbocycles. The van der Waals surface area contributed by atoms with E-state index in [-0.39, 0.29) is 24.2 Å². The van der Waals surface area contributed by atoms with E-state index >= 15 is 0 Å². The van der Waals surface area contributed by atoms with Crippen LogP contribution in [-0.2, 0) is 16.6 Å². The first-order valence-corrected chi connectivity index (χ1v) is 5.83. The average Bonchev–Trinajstić information content (AvgIpc) is 2.85. The fourth-order valence-electron chi connectivity index (χ4n) is 1.28. The highest BCUT2D eigenvalue weighted by atomic mass is 32.2. The molecule has 8 nitrogen and oxygen atoms in total.